The maximum atomic E-state index is 12.6. The Balaban J connectivity index is 1.88. The maximum absolute atomic E-state index is 12.6. The highest BCUT2D eigenvalue weighted by molar-refractivity contribution is 6.05. The van der Waals surface area contributed by atoms with Crippen LogP contribution in [0.4, 0.5) is 0 Å². The Labute approximate surface area is 107 Å². The Morgan fingerprint density at radius 2 is 1.89 bits per heavy atom. The lowest BCUT2D eigenvalue weighted by Crippen LogP contribution is -2.32. The summed E-state index contributed by atoms with van der Waals surface area (Å²) in [5.41, 5.74) is 2.10. The second kappa shape index (κ2) is 2.85. The van der Waals surface area contributed by atoms with Gasteiger partial charge in [0.15, 0.2) is 5.78 Å². The molecule has 1 heteroatoms. The molecular weight excluding hydrogens is 220 g/mol. The molecule has 4 aliphatic carbocycles. The van der Waals surface area contributed by atoms with Crippen molar-refractivity contribution in [3.63, 3.8) is 0 Å². The molecule has 90 valence electrons. The van der Waals surface area contributed by atoms with Crippen LogP contribution < -0.4 is 0 Å². The summed E-state index contributed by atoms with van der Waals surface area (Å²) in [4.78, 5) is 12.6. The number of allylic oxidation sites excluding steroid dienone is 3. The van der Waals surface area contributed by atoms with Crippen molar-refractivity contribution in [2.45, 2.75) is 13.8 Å². The SMILES string of the molecule is CC12C=CC3C(/C1=C/c1ccccc1)C3(C)C2=O. The van der Waals surface area contributed by atoms with E-state index in [9.17, 15) is 4.79 Å². The highest BCUT2D eigenvalue weighted by Gasteiger charge is 2.77. The summed E-state index contributed by atoms with van der Waals surface area (Å²) in [6, 6.07) is 10.3. The number of carbonyl (C=O) groups excluding carboxylic acids is 1. The van der Waals surface area contributed by atoms with Gasteiger partial charge in [0.05, 0.1) is 5.41 Å². The molecule has 4 unspecified atom stereocenters. The molecule has 0 amide bonds. The van der Waals surface area contributed by atoms with E-state index in [0.717, 1.165) is 0 Å². The Bertz CT molecular complexity index is 610. The van der Waals surface area contributed by atoms with Crippen molar-refractivity contribution >= 4 is 11.9 Å². The van der Waals surface area contributed by atoms with E-state index in [4.69, 9.17) is 0 Å². The van der Waals surface area contributed by atoms with E-state index in [1.54, 1.807) is 0 Å². The third-order valence-corrected chi connectivity index (χ3v) is 5.24. The lowest BCUT2D eigenvalue weighted by atomic mass is 9.71. The van der Waals surface area contributed by atoms with E-state index in [1.165, 1.54) is 11.1 Å². The number of rotatable bonds is 1. The van der Waals surface area contributed by atoms with Crippen molar-refractivity contribution in [2.24, 2.45) is 22.7 Å². The number of benzene rings is 1. The molecule has 0 N–H and O–H groups in total. The van der Waals surface area contributed by atoms with Gasteiger partial charge in [-0.15, -0.1) is 0 Å². The molecule has 18 heavy (non-hydrogen) atoms. The van der Waals surface area contributed by atoms with Gasteiger partial charge in [0.25, 0.3) is 0 Å². The smallest absolute Gasteiger partial charge is 0.153 e. The zero-order chi connectivity index (χ0) is 12.5. The molecule has 0 saturated heterocycles. The lowest BCUT2D eigenvalue weighted by molar-refractivity contribution is -0.128. The number of carbonyl (C=O) groups is 1. The van der Waals surface area contributed by atoms with Gasteiger partial charge >= 0.3 is 0 Å². The Hall–Kier alpha value is -1.63. The summed E-state index contributed by atoms with van der Waals surface area (Å²) in [6.45, 7) is 4.21. The summed E-state index contributed by atoms with van der Waals surface area (Å²) in [5, 5.41) is 0. The van der Waals surface area contributed by atoms with Gasteiger partial charge in [-0.25, -0.2) is 0 Å². The number of hydrogen-bond acceptors (Lipinski definition) is 1. The monoisotopic (exact) mass is 236 g/mol. The highest BCUT2D eigenvalue weighted by Crippen LogP contribution is 2.76. The third-order valence-electron chi connectivity index (χ3n) is 5.24. The summed E-state index contributed by atoms with van der Waals surface area (Å²) in [5.74, 6) is 1.34. The van der Waals surface area contributed by atoms with Gasteiger partial charge in [0.2, 0.25) is 0 Å². The molecule has 0 aromatic heterocycles. The van der Waals surface area contributed by atoms with Gasteiger partial charge in [-0.3, -0.25) is 4.79 Å². The molecule has 5 rings (SSSR count). The van der Waals surface area contributed by atoms with E-state index in [1.807, 2.05) is 18.2 Å². The second-order valence-electron chi connectivity index (χ2n) is 6.19. The van der Waals surface area contributed by atoms with Crippen molar-refractivity contribution in [1.82, 2.24) is 0 Å². The van der Waals surface area contributed by atoms with E-state index < -0.39 is 0 Å². The molecule has 4 atom stereocenters. The zero-order valence-corrected chi connectivity index (χ0v) is 10.7. The fraction of sp³-hybridized carbons (Fsp3) is 0.353. The van der Waals surface area contributed by atoms with Crippen LogP contribution in [0.25, 0.3) is 6.08 Å². The van der Waals surface area contributed by atoms with Crippen LogP contribution in [0.2, 0.25) is 0 Å². The van der Waals surface area contributed by atoms with Crippen molar-refractivity contribution in [1.29, 1.82) is 0 Å². The Morgan fingerprint density at radius 1 is 1.17 bits per heavy atom. The molecule has 0 spiro atoms. The largest absolute Gasteiger partial charge is 0.298 e. The van der Waals surface area contributed by atoms with Gasteiger partial charge < -0.3 is 0 Å². The van der Waals surface area contributed by atoms with Crippen molar-refractivity contribution in [3.8, 4) is 0 Å². The fourth-order valence-electron chi connectivity index (χ4n) is 4.12. The predicted molar refractivity (Wildman–Crippen MR) is 71.8 cm³/mol. The molecule has 0 aliphatic heterocycles. The first-order chi connectivity index (χ1) is 8.58. The molecule has 2 saturated carbocycles. The van der Waals surface area contributed by atoms with Crippen molar-refractivity contribution in [3.05, 3.63) is 53.6 Å². The van der Waals surface area contributed by atoms with Gasteiger partial charge in [0, 0.05) is 11.3 Å². The van der Waals surface area contributed by atoms with E-state index in [-0.39, 0.29) is 10.8 Å². The first kappa shape index (κ1) is 10.3. The van der Waals surface area contributed by atoms with Gasteiger partial charge in [-0.05, 0) is 24.0 Å². The predicted octanol–water partition coefficient (Wildman–Crippen LogP) is 3.48. The zero-order valence-electron chi connectivity index (χ0n) is 10.7. The molecule has 2 fully saturated rings. The maximum Gasteiger partial charge on any atom is 0.153 e. The van der Waals surface area contributed by atoms with Crippen molar-refractivity contribution in [2.75, 3.05) is 0 Å². The normalized spacial score (nSPS) is 45.7. The molecule has 0 heterocycles. The lowest BCUT2D eigenvalue weighted by Gasteiger charge is -2.30. The topological polar surface area (TPSA) is 17.1 Å². The summed E-state index contributed by atoms with van der Waals surface area (Å²) in [7, 11) is 0. The van der Waals surface area contributed by atoms with Gasteiger partial charge in [-0.1, -0.05) is 55.5 Å². The number of Topliss-reactive ketones (excluding diaryl/α,β-unsaturated/α-hetero) is 1. The van der Waals surface area contributed by atoms with Crippen LogP contribution >= 0.6 is 0 Å². The van der Waals surface area contributed by atoms with Crippen LogP contribution in [0.1, 0.15) is 19.4 Å². The molecule has 4 aliphatic rings. The van der Waals surface area contributed by atoms with Gasteiger partial charge in [-0.2, -0.15) is 0 Å². The first-order valence-corrected chi connectivity index (χ1v) is 6.60. The summed E-state index contributed by atoms with van der Waals surface area (Å²) in [6.07, 6.45) is 6.62. The highest BCUT2D eigenvalue weighted by atomic mass is 16.1. The summed E-state index contributed by atoms with van der Waals surface area (Å²) < 4.78 is 0. The van der Waals surface area contributed by atoms with E-state index >= 15 is 0 Å². The number of hydrogen-bond donors (Lipinski definition) is 0. The quantitative estimate of drug-likeness (QED) is 0.682. The molecular formula is C17H16O. The average Bonchev–Trinajstić information content (AvgIpc) is 2.96. The van der Waals surface area contributed by atoms with Crippen LogP contribution in [0.3, 0.4) is 0 Å². The average molecular weight is 236 g/mol. The van der Waals surface area contributed by atoms with Gasteiger partial charge in [0.1, 0.15) is 0 Å². The molecule has 4 bridgehead atoms. The molecule has 1 aromatic carbocycles. The second-order valence-corrected chi connectivity index (χ2v) is 6.19. The van der Waals surface area contributed by atoms with Crippen LogP contribution in [-0.2, 0) is 4.79 Å². The minimum absolute atomic E-state index is 0.0931. The van der Waals surface area contributed by atoms with E-state index in [0.29, 0.717) is 17.6 Å². The molecule has 1 aromatic rings. The molecule has 1 nitrogen and oxygen atoms in total. The van der Waals surface area contributed by atoms with Crippen LogP contribution in [-0.4, -0.2) is 5.78 Å². The van der Waals surface area contributed by atoms with Crippen LogP contribution in [0, 0.1) is 22.7 Å². The number of ketones is 1. The summed E-state index contributed by atoms with van der Waals surface area (Å²) >= 11 is 0. The minimum Gasteiger partial charge on any atom is -0.298 e. The third kappa shape index (κ3) is 0.937. The first-order valence-electron chi connectivity index (χ1n) is 6.60. The van der Waals surface area contributed by atoms with Crippen LogP contribution in [0.5, 0.6) is 0 Å². The van der Waals surface area contributed by atoms with E-state index in [2.05, 4.69) is 44.2 Å². The Kier molecular flexibility index (Phi) is 1.63. The van der Waals surface area contributed by atoms with Crippen molar-refractivity contribution < 1.29 is 4.79 Å². The fourth-order valence-corrected chi connectivity index (χ4v) is 4.12. The Morgan fingerprint density at radius 3 is 2.50 bits per heavy atom. The van der Waals surface area contributed by atoms with Crippen LogP contribution in [0.15, 0.2) is 48.1 Å². The minimum atomic E-state index is -0.343. The molecule has 0 radical (unpaired) electrons. The standard InChI is InChI=1S/C17H16O/c1-16-9-8-12-14(17(12,2)15(16)18)13(16)10-11-6-4-3-5-7-11/h3-10,12,14H,1-2H3/b13-10-.